The van der Waals surface area contributed by atoms with Crippen molar-refractivity contribution in [1.82, 2.24) is 5.32 Å². The van der Waals surface area contributed by atoms with E-state index in [-0.39, 0.29) is 5.75 Å². The van der Waals surface area contributed by atoms with Gasteiger partial charge in [-0.15, -0.1) is 0 Å². The topological polar surface area (TPSA) is 32.3 Å². The number of nitrogens with one attached hydrogen (secondary N) is 1. The molecule has 1 fully saturated rings. The van der Waals surface area contributed by atoms with Crippen LogP contribution in [0.3, 0.4) is 0 Å². The Bertz CT molecular complexity index is 374. The summed E-state index contributed by atoms with van der Waals surface area (Å²) >= 11 is 0. The Balaban J connectivity index is 1.86. The van der Waals surface area contributed by atoms with Gasteiger partial charge in [-0.1, -0.05) is 18.9 Å². The van der Waals surface area contributed by atoms with E-state index in [1.807, 2.05) is 0 Å². The zero-order chi connectivity index (χ0) is 12.3. The first-order valence-electron chi connectivity index (χ1n) is 6.37. The molecule has 3 heteroatoms. The first-order valence-corrected chi connectivity index (χ1v) is 6.37. The third-order valence-electron chi connectivity index (χ3n) is 3.75. The van der Waals surface area contributed by atoms with Crippen molar-refractivity contribution in [2.24, 2.45) is 5.92 Å². The van der Waals surface area contributed by atoms with E-state index in [2.05, 4.69) is 12.2 Å². The molecule has 94 valence electrons. The Kier molecular flexibility index (Phi) is 4.00. The van der Waals surface area contributed by atoms with E-state index in [1.54, 1.807) is 6.07 Å². The molecule has 0 bridgehead atoms. The summed E-state index contributed by atoms with van der Waals surface area (Å²) in [6.07, 6.45) is 5.28. The average molecular weight is 237 g/mol. The van der Waals surface area contributed by atoms with Crippen LogP contribution in [0.25, 0.3) is 0 Å². The molecule has 2 rings (SSSR count). The Morgan fingerprint density at radius 2 is 2.12 bits per heavy atom. The van der Waals surface area contributed by atoms with Gasteiger partial charge in [-0.05, 0) is 43.4 Å². The SMILES string of the molecule is C[C@@H](NCc1ccc(O)c(F)c1)C1CCCC1. The Morgan fingerprint density at radius 1 is 1.41 bits per heavy atom. The molecule has 0 heterocycles. The van der Waals surface area contributed by atoms with Crippen LogP contribution in [-0.4, -0.2) is 11.1 Å². The minimum atomic E-state index is -0.544. The van der Waals surface area contributed by atoms with E-state index in [0.717, 1.165) is 11.5 Å². The largest absolute Gasteiger partial charge is 0.505 e. The molecular weight excluding hydrogens is 217 g/mol. The molecule has 2 nitrogen and oxygen atoms in total. The molecule has 1 aliphatic carbocycles. The van der Waals surface area contributed by atoms with Crippen molar-refractivity contribution in [2.45, 2.75) is 45.2 Å². The van der Waals surface area contributed by atoms with Gasteiger partial charge in [0.2, 0.25) is 0 Å². The van der Waals surface area contributed by atoms with Crippen molar-refractivity contribution < 1.29 is 9.50 Å². The molecule has 1 aromatic rings. The molecular formula is C14H20FNO. The molecule has 0 saturated heterocycles. The first-order chi connectivity index (χ1) is 8.16. The lowest BCUT2D eigenvalue weighted by Crippen LogP contribution is -2.31. The van der Waals surface area contributed by atoms with E-state index in [0.29, 0.717) is 12.6 Å². The van der Waals surface area contributed by atoms with Crippen molar-refractivity contribution in [3.8, 4) is 5.75 Å². The molecule has 2 N–H and O–H groups in total. The van der Waals surface area contributed by atoms with Crippen LogP contribution in [0, 0.1) is 11.7 Å². The normalized spacial score (nSPS) is 18.5. The maximum absolute atomic E-state index is 13.1. The maximum Gasteiger partial charge on any atom is 0.165 e. The number of hydrogen-bond donors (Lipinski definition) is 2. The lowest BCUT2D eigenvalue weighted by atomic mass is 9.99. The van der Waals surface area contributed by atoms with Gasteiger partial charge in [-0.2, -0.15) is 0 Å². The maximum atomic E-state index is 13.1. The molecule has 0 unspecified atom stereocenters. The highest BCUT2D eigenvalue weighted by atomic mass is 19.1. The van der Waals surface area contributed by atoms with Gasteiger partial charge in [-0.3, -0.25) is 0 Å². The van der Waals surface area contributed by atoms with Gasteiger partial charge < -0.3 is 10.4 Å². The smallest absolute Gasteiger partial charge is 0.165 e. The second-order valence-electron chi connectivity index (χ2n) is 5.00. The van der Waals surface area contributed by atoms with Crippen LogP contribution >= 0.6 is 0 Å². The van der Waals surface area contributed by atoms with Crippen LogP contribution in [0.2, 0.25) is 0 Å². The number of aromatic hydroxyl groups is 1. The molecule has 0 amide bonds. The summed E-state index contributed by atoms with van der Waals surface area (Å²) < 4.78 is 13.1. The van der Waals surface area contributed by atoms with Gasteiger partial charge in [0.05, 0.1) is 0 Å². The van der Waals surface area contributed by atoms with Gasteiger partial charge in [0.1, 0.15) is 0 Å². The number of phenolic OH excluding ortho intramolecular Hbond substituents is 1. The number of halogens is 1. The highest BCUT2D eigenvalue weighted by Gasteiger charge is 2.20. The van der Waals surface area contributed by atoms with Crippen molar-refractivity contribution in [3.63, 3.8) is 0 Å². The summed E-state index contributed by atoms with van der Waals surface area (Å²) in [5.41, 5.74) is 0.880. The molecule has 1 aliphatic rings. The van der Waals surface area contributed by atoms with Crippen LogP contribution in [0.4, 0.5) is 4.39 Å². The molecule has 17 heavy (non-hydrogen) atoms. The standard InChI is InChI=1S/C14H20FNO/c1-10(12-4-2-3-5-12)16-9-11-6-7-14(17)13(15)8-11/h6-8,10,12,16-17H,2-5,9H2,1H3/t10-/m1/s1. The molecule has 1 atom stereocenters. The van der Waals surface area contributed by atoms with Crippen molar-refractivity contribution in [1.29, 1.82) is 0 Å². The number of hydrogen-bond acceptors (Lipinski definition) is 2. The van der Waals surface area contributed by atoms with Gasteiger partial charge in [-0.25, -0.2) is 4.39 Å². The lowest BCUT2D eigenvalue weighted by molar-refractivity contribution is 0.379. The van der Waals surface area contributed by atoms with E-state index in [1.165, 1.54) is 37.8 Å². The molecule has 1 aromatic carbocycles. The summed E-state index contributed by atoms with van der Waals surface area (Å²) in [6.45, 7) is 2.86. The predicted molar refractivity (Wildman–Crippen MR) is 66.3 cm³/mol. The monoisotopic (exact) mass is 237 g/mol. The molecule has 0 aliphatic heterocycles. The van der Waals surface area contributed by atoms with Crippen molar-refractivity contribution >= 4 is 0 Å². The lowest BCUT2D eigenvalue weighted by Gasteiger charge is -2.20. The first kappa shape index (κ1) is 12.4. The fourth-order valence-corrected chi connectivity index (χ4v) is 2.56. The quantitative estimate of drug-likeness (QED) is 0.842. The molecule has 0 aromatic heterocycles. The molecule has 0 spiro atoms. The van der Waals surface area contributed by atoms with E-state index >= 15 is 0 Å². The average Bonchev–Trinajstić information content (AvgIpc) is 2.84. The zero-order valence-electron chi connectivity index (χ0n) is 10.2. The van der Waals surface area contributed by atoms with E-state index in [9.17, 15) is 4.39 Å². The Labute approximate surface area is 102 Å². The van der Waals surface area contributed by atoms with Crippen LogP contribution < -0.4 is 5.32 Å². The fraction of sp³-hybridized carbons (Fsp3) is 0.571. The minimum Gasteiger partial charge on any atom is -0.505 e. The van der Waals surface area contributed by atoms with Crippen LogP contribution in [0.15, 0.2) is 18.2 Å². The third kappa shape index (κ3) is 3.19. The highest BCUT2D eigenvalue weighted by molar-refractivity contribution is 5.27. The fourth-order valence-electron chi connectivity index (χ4n) is 2.56. The summed E-state index contributed by atoms with van der Waals surface area (Å²) in [5.74, 6) is -0.0626. The summed E-state index contributed by atoms with van der Waals surface area (Å²) in [4.78, 5) is 0. The van der Waals surface area contributed by atoms with E-state index in [4.69, 9.17) is 5.11 Å². The summed E-state index contributed by atoms with van der Waals surface area (Å²) in [7, 11) is 0. The summed E-state index contributed by atoms with van der Waals surface area (Å²) in [5, 5.41) is 12.5. The van der Waals surface area contributed by atoms with Crippen LogP contribution in [-0.2, 0) is 6.54 Å². The van der Waals surface area contributed by atoms with Gasteiger partial charge >= 0.3 is 0 Å². The molecule has 0 radical (unpaired) electrons. The predicted octanol–water partition coefficient (Wildman–Crippen LogP) is 3.20. The van der Waals surface area contributed by atoms with Crippen LogP contribution in [0.5, 0.6) is 5.75 Å². The minimum absolute atomic E-state index is 0.280. The second kappa shape index (κ2) is 5.50. The number of benzene rings is 1. The summed E-state index contributed by atoms with van der Waals surface area (Å²) in [6, 6.07) is 5.04. The third-order valence-corrected chi connectivity index (χ3v) is 3.75. The van der Waals surface area contributed by atoms with Crippen molar-refractivity contribution in [2.75, 3.05) is 0 Å². The highest BCUT2D eigenvalue weighted by Crippen LogP contribution is 2.27. The van der Waals surface area contributed by atoms with Crippen molar-refractivity contribution in [3.05, 3.63) is 29.6 Å². The Hall–Kier alpha value is -1.09. The Morgan fingerprint density at radius 3 is 2.76 bits per heavy atom. The number of phenols is 1. The van der Waals surface area contributed by atoms with Crippen LogP contribution in [0.1, 0.15) is 38.2 Å². The second-order valence-corrected chi connectivity index (χ2v) is 5.00. The zero-order valence-corrected chi connectivity index (χ0v) is 10.2. The van der Waals surface area contributed by atoms with Gasteiger partial charge in [0.15, 0.2) is 11.6 Å². The molecule has 1 saturated carbocycles. The number of rotatable bonds is 4. The van der Waals surface area contributed by atoms with Gasteiger partial charge in [0, 0.05) is 12.6 Å². The van der Waals surface area contributed by atoms with Gasteiger partial charge in [0.25, 0.3) is 0 Å². The van der Waals surface area contributed by atoms with E-state index < -0.39 is 5.82 Å².